The minimum absolute atomic E-state index is 0.0546. The van der Waals surface area contributed by atoms with Gasteiger partial charge in [0.25, 0.3) is 5.91 Å². The van der Waals surface area contributed by atoms with Crippen molar-refractivity contribution < 1.29 is 28.5 Å². The van der Waals surface area contributed by atoms with E-state index in [1.54, 1.807) is 21.3 Å². The van der Waals surface area contributed by atoms with E-state index in [9.17, 15) is 9.59 Å². The van der Waals surface area contributed by atoms with Gasteiger partial charge in [-0.15, -0.1) is 0 Å². The molecule has 0 radical (unpaired) electrons. The van der Waals surface area contributed by atoms with Crippen LogP contribution < -0.4 is 19.5 Å². The van der Waals surface area contributed by atoms with Crippen molar-refractivity contribution in [3.63, 3.8) is 0 Å². The second-order valence-electron chi connectivity index (χ2n) is 8.31. The molecule has 0 bridgehead atoms. The summed E-state index contributed by atoms with van der Waals surface area (Å²) in [6, 6.07) is 3.93. The summed E-state index contributed by atoms with van der Waals surface area (Å²) >= 11 is 0. The molecular formula is C23H31N3O6. The SMILES string of the molecule is COc1cc(CN2C=CNC2C2CCN(C(=O)C3CCC(=O)O3)CC2)cc(OC)c1OC. The van der Waals surface area contributed by atoms with Crippen molar-refractivity contribution in [3.8, 4) is 17.2 Å². The van der Waals surface area contributed by atoms with Crippen LogP contribution in [0.1, 0.15) is 31.2 Å². The van der Waals surface area contributed by atoms with Gasteiger partial charge >= 0.3 is 5.97 Å². The number of likely N-dealkylation sites (tertiary alicyclic amines) is 1. The maximum absolute atomic E-state index is 12.6. The number of hydrogen-bond acceptors (Lipinski definition) is 8. The first kappa shape index (κ1) is 22.1. The van der Waals surface area contributed by atoms with Gasteiger partial charge in [0.2, 0.25) is 5.75 Å². The number of nitrogens with zero attached hydrogens (tertiary/aromatic N) is 2. The Morgan fingerprint density at radius 2 is 1.78 bits per heavy atom. The summed E-state index contributed by atoms with van der Waals surface area (Å²) in [5.74, 6) is 1.91. The summed E-state index contributed by atoms with van der Waals surface area (Å²) in [6.07, 6.45) is 6.18. The Balaban J connectivity index is 1.38. The standard InChI is InChI=1S/C23H31N3O6/c1-29-18-12-15(13-19(30-2)21(18)31-3)14-26-11-8-24-22(26)16-6-9-25(10-7-16)23(28)17-4-5-20(27)32-17/h8,11-13,16-17,22,24H,4-7,9-10,14H2,1-3H3. The Morgan fingerprint density at radius 1 is 1.09 bits per heavy atom. The molecule has 9 nitrogen and oxygen atoms in total. The van der Waals surface area contributed by atoms with Crippen LogP contribution in [0.25, 0.3) is 0 Å². The van der Waals surface area contributed by atoms with Crippen LogP contribution >= 0.6 is 0 Å². The quantitative estimate of drug-likeness (QED) is 0.637. The highest BCUT2D eigenvalue weighted by molar-refractivity contribution is 5.86. The first-order chi connectivity index (χ1) is 15.5. The second-order valence-corrected chi connectivity index (χ2v) is 8.31. The number of nitrogens with one attached hydrogen (secondary N) is 1. The lowest BCUT2D eigenvalue weighted by molar-refractivity contribution is -0.153. The van der Waals surface area contributed by atoms with E-state index >= 15 is 0 Å². The van der Waals surface area contributed by atoms with Gasteiger partial charge in [0.15, 0.2) is 17.6 Å². The van der Waals surface area contributed by atoms with Crippen molar-refractivity contribution in [2.75, 3.05) is 34.4 Å². The third-order valence-electron chi connectivity index (χ3n) is 6.44. The molecule has 3 aliphatic rings. The number of esters is 1. The second kappa shape index (κ2) is 9.58. The number of cyclic esters (lactones) is 1. The third kappa shape index (κ3) is 4.42. The molecule has 174 valence electrons. The minimum atomic E-state index is -0.596. The fourth-order valence-electron chi connectivity index (χ4n) is 4.76. The zero-order valence-corrected chi connectivity index (χ0v) is 18.8. The average Bonchev–Trinajstić information content (AvgIpc) is 3.47. The lowest BCUT2D eigenvalue weighted by atomic mass is 9.92. The number of carbonyl (C=O) groups is 2. The Morgan fingerprint density at radius 3 is 2.34 bits per heavy atom. The molecule has 2 unspecified atom stereocenters. The highest BCUT2D eigenvalue weighted by Gasteiger charge is 2.37. The zero-order valence-electron chi connectivity index (χ0n) is 18.8. The molecule has 1 aromatic rings. The topological polar surface area (TPSA) is 89.6 Å². The van der Waals surface area contributed by atoms with Crippen LogP contribution in [0.4, 0.5) is 0 Å². The Labute approximate surface area is 188 Å². The van der Waals surface area contributed by atoms with Gasteiger partial charge in [-0.05, 0) is 30.5 Å². The molecule has 2 saturated heterocycles. The molecule has 0 spiro atoms. The zero-order chi connectivity index (χ0) is 22.7. The Bertz CT molecular complexity index is 855. The van der Waals surface area contributed by atoms with Crippen molar-refractivity contribution in [3.05, 3.63) is 30.1 Å². The normalized spacial score (nSPS) is 23.2. The number of carbonyl (C=O) groups excluding carboxylic acids is 2. The molecule has 3 aliphatic heterocycles. The molecule has 32 heavy (non-hydrogen) atoms. The Hall–Kier alpha value is -3.10. The maximum Gasteiger partial charge on any atom is 0.306 e. The van der Waals surface area contributed by atoms with Gasteiger partial charge in [-0.25, -0.2) is 0 Å². The van der Waals surface area contributed by atoms with E-state index in [0.29, 0.717) is 55.6 Å². The van der Waals surface area contributed by atoms with E-state index in [2.05, 4.69) is 16.4 Å². The molecule has 1 N–H and O–H groups in total. The molecule has 1 aromatic carbocycles. The molecule has 3 heterocycles. The highest BCUT2D eigenvalue weighted by Crippen LogP contribution is 2.39. The summed E-state index contributed by atoms with van der Waals surface area (Å²) in [5.41, 5.74) is 1.05. The first-order valence-corrected chi connectivity index (χ1v) is 11.0. The van der Waals surface area contributed by atoms with Gasteiger partial charge in [0.05, 0.1) is 21.3 Å². The molecule has 0 aliphatic carbocycles. The summed E-state index contributed by atoms with van der Waals surface area (Å²) in [6.45, 7) is 2.03. The maximum atomic E-state index is 12.6. The van der Waals surface area contributed by atoms with Crippen LogP contribution in [0.3, 0.4) is 0 Å². The third-order valence-corrected chi connectivity index (χ3v) is 6.44. The summed E-state index contributed by atoms with van der Waals surface area (Å²) in [5, 5.41) is 3.47. The van der Waals surface area contributed by atoms with Gasteiger partial charge in [0.1, 0.15) is 6.17 Å². The van der Waals surface area contributed by atoms with Gasteiger partial charge in [-0.3, -0.25) is 9.59 Å². The summed E-state index contributed by atoms with van der Waals surface area (Å²) in [7, 11) is 4.82. The van der Waals surface area contributed by atoms with E-state index in [0.717, 1.165) is 18.4 Å². The highest BCUT2D eigenvalue weighted by atomic mass is 16.6. The number of amides is 1. The molecular weight excluding hydrogens is 414 g/mol. The lowest BCUT2D eigenvalue weighted by Crippen LogP contribution is -2.49. The average molecular weight is 446 g/mol. The predicted octanol–water partition coefficient (Wildman–Crippen LogP) is 1.86. The van der Waals surface area contributed by atoms with Crippen molar-refractivity contribution in [1.29, 1.82) is 0 Å². The number of hydrogen-bond donors (Lipinski definition) is 1. The van der Waals surface area contributed by atoms with E-state index in [1.807, 2.05) is 23.2 Å². The summed E-state index contributed by atoms with van der Waals surface area (Å²) < 4.78 is 21.5. The smallest absolute Gasteiger partial charge is 0.306 e. The van der Waals surface area contributed by atoms with E-state index < -0.39 is 6.10 Å². The van der Waals surface area contributed by atoms with Gasteiger partial charge in [-0.2, -0.15) is 0 Å². The molecule has 2 fully saturated rings. The number of rotatable bonds is 7. The molecule has 0 saturated carbocycles. The molecule has 2 atom stereocenters. The van der Waals surface area contributed by atoms with Gasteiger partial charge in [-0.1, -0.05) is 0 Å². The number of methoxy groups -OCH3 is 3. The van der Waals surface area contributed by atoms with Crippen molar-refractivity contribution in [2.24, 2.45) is 5.92 Å². The van der Waals surface area contributed by atoms with Crippen LogP contribution in [0, 0.1) is 5.92 Å². The molecule has 0 aromatic heterocycles. The summed E-state index contributed by atoms with van der Waals surface area (Å²) in [4.78, 5) is 28.1. The Kier molecular flexibility index (Phi) is 6.62. The van der Waals surface area contributed by atoms with Crippen LogP contribution in [-0.2, 0) is 20.9 Å². The van der Waals surface area contributed by atoms with E-state index in [-0.39, 0.29) is 18.0 Å². The molecule has 9 heteroatoms. The van der Waals surface area contributed by atoms with Crippen LogP contribution in [0.2, 0.25) is 0 Å². The monoisotopic (exact) mass is 445 g/mol. The van der Waals surface area contributed by atoms with Crippen molar-refractivity contribution in [2.45, 2.75) is 44.5 Å². The molecule has 1 amide bonds. The molecule has 4 rings (SSSR count). The van der Waals surface area contributed by atoms with Crippen LogP contribution in [0.5, 0.6) is 17.2 Å². The first-order valence-electron chi connectivity index (χ1n) is 11.0. The van der Waals surface area contributed by atoms with Crippen LogP contribution in [0.15, 0.2) is 24.5 Å². The van der Waals surface area contributed by atoms with Crippen LogP contribution in [-0.4, -0.2) is 68.4 Å². The fraction of sp³-hybridized carbons (Fsp3) is 0.565. The minimum Gasteiger partial charge on any atom is -0.493 e. The lowest BCUT2D eigenvalue weighted by Gasteiger charge is -2.39. The van der Waals surface area contributed by atoms with Gasteiger partial charge in [0, 0.05) is 50.8 Å². The largest absolute Gasteiger partial charge is 0.493 e. The van der Waals surface area contributed by atoms with Crippen molar-refractivity contribution in [1.82, 2.24) is 15.1 Å². The fourth-order valence-corrected chi connectivity index (χ4v) is 4.76. The number of benzene rings is 1. The predicted molar refractivity (Wildman–Crippen MR) is 116 cm³/mol. The number of ether oxygens (including phenoxy) is 4. The van der Waals surface area contributed by atoms with Crippen molar-refractivity contribution >= 4 is 11.9 Å². The van der Waals surface area contributed by atoms with Gasteiger partial charge < -0.3 is 34.1 Å². The van der Waals surface area contributed by atoms with E-state index in [4.69, 9.17) is 18.9 Å². The number of piperidine rings is 1. The van der Waals surface area contributed by atoms with E-state index in [1.165, 1.54) is 0 Å².